The van der Waals surface area contributed by atoms with Gasteiger partial charge in [-0.3, -0.25) is 4.79 Å². The molecule has 5 rings (SSSR count). The zero-order chi connectivity index (χ0) is 21.4. The number of carbonyl (C=O) groups excluding carboxylic acids is 1. The van der Waals surface area contributed by atoms with Gasteiger partial charge >= 0.3 is 0 Å². The number of amides is 1. The predicted octanol–water partition coefficient (Wildman–Crippen LogP) is 4.66. The minimum atomic E-state index is -0.162. The summed E-state index contributed by atoms with van der Waals surface area (Å²) in [7, 11) is 2.00. The number of para-hydroxylation sites is 1. The van der Waals surface area contributed by atoms with E-state index in [1.807, 2.05) is 47.0 Å². The molecule has 3 heterocycles. The summed E-state index contributed by atoms with van der Waals surface area (Å²) in [6.45, 7) is 4.91. The zero-order valence-corrected chi connectivity index (χ0v) is 18.1. The third kappa shape index (κ3) is 4.11. The van der Waals surface area contributed by atoms with E-state index in [9.17, 15) is 9.18 Å². The van der Waals surface area contributed by atoms with Crippen molar-refractivity contribution in [3.63, 3.8) is 0 Å². The fourth-order valence-electron chi connectivity index (χ4n) is 5.41. The van der Waals surface area contributed by atoms with Crippen molar-refractivity contribution in [3.05, 3.63) is 71.7 Å². The van der Waals surface area contributed by atoms with E-state index in [2.05, 4.69) is 17.0 Å². The Morgan fingerprint density at radius 3 is 2.55 bits per heavy atom. The molecule has 0 spiro atoms. The number of benzene rings is 2. The second-order valence-electron chi connectivity index (χ2n) is 9.20. The van der Waals surface area contributed by atoms with E-state index in [1.54, 1.807) is 12.1 Å². The van der Waals surface area contributed by atoms with Crippen molar-refractivity contribution < 1.29 is 9.18 Å². The third-order valence-electron chi connectivity index (χ3n) is 7.15. The van der Waals surface area contributed by atoms with Gasteiger partial charge in [0.1, 0.15) is 5.82 Å². The fraction of sp³-hybridized carbons (Fsp3) is 0.423. The lowest BCUT2D eigenvalue weighted by molar-refractivity contribution is 0.0783. The van der Waals surface area contributed by atoms with E-state index in [4.69, 9.17) is 0 Å². The molecule has 0 unspecified atom stereocenters. The maximum atomic E-state index is 13.2. The van der Waals surface area contributed by atoms with Gasteiger partial charge in [-0.1, -0.05) is 24.3 Å². The van der Waals surface area contributed by atoms with Crippen LogP contribution in [0.4, 0.5) is 4.39 Å². The molecule has 0 saturated carbocycles. The Labute approximate surface area is 183 Å². The summed E-state index contributed by atoms with van der Waals surface area (Å²) < 4.78 is 15.2. The van der Waals surface area contributed by atoms with Crippen LogP contribution in [0.3, 0.4) is 0 Å². The van der Waals surface area contributed by atoms with Gasteiger partial charge in [-0.25, -0.2) is 4.39 Å². The number of hydrogen-bond donors (Lipinski definition) is 0. The Bertz CT molecular complexity index is 1070. The monoisotopic (exact) mass is 419 g/mol. The molecular formula is C26H30FN3O. The van der Waals surface area contributed by atoms with Crippen molar-refractivity contribution in [2.45, 2.75) is 25.2 Å². The number of halogens is 1. The minimum absolute atomic E-state index is 0.157. The van der Waals surface area contributed by atoms with Crippen LogP contribution in [0.15, 0.2) is 54.7 Å². The van der Waals surface area contributed by atoms with Crippen LogP contribution in [0.25, 0.3) is 10.9 Å². The van der Waals surface area contributed by atoms with Crippen LogP contribution < -0.4 is 0 Å². The maximum absolute atomic E-state index is 13.2. The first-order chi connectivity index (χ1) is 15.1. The lowest BCUT2D eigenvalue weighted by Crippen LogP contribution is -2.37. The summed E-state index contributed by atoms with van der Waals surface area (Å²) in [5, 5.41) is 1.12. The van der Waals surface area contributed by atoms with Crippen molar-refractivity contribution in [2.75, 3.05) is 32.7 Å². The highest BCUT2D eigenvalue weighted by Crippen LogP contribution is 2.30. The summed E-state index contributed by atoms with van der Waals surface area (Å²) in [5.41, 5.74) is 3.10. The molecule has 0 aliphatic carbocycles. The Morgan fingerprint density at radius 2 is 1.77 bits per heavy atom. The summed E-state index contributed by atoms with van der Waals surface area (Å²) in [4.78, 5) is 17.8. The summed E-state index contributed by atoms with van der Waals surface area (Å²) in [5.74, 6) is 1.07. The van der Waals surface area contributed by atoms with Gasteiger partial charge in [0.2, 0.25) is 0 Å². The van der Waals surface area contributed by atoms with E-state index in [0.717, 1.165) is 68.5 Å². The molecule has 5 heteroatoms. The first kappa shape index (κ1) is 20.3. The van der Waals surface area contributed by atoms with E-state index in [0.29, 0.717) is 11.8 Å². The Balaban J connectivity index is 1.17. The zero-order valence-electron chi connectivity index (χ0n) is 18.1. The average molecular weight is 420 g/mol. The molecule has 0 radical (unpaired) electrons. The molecule has 2 aliphatic heterocycles. The Hall–Kier alpha value is -2.66. The molecule has 3 aromatic rings. The number of nitrogens with zero attached hydrogens (tertiary/aromatic N) is 3. The quantitative estimate of drug-likeness (QED) is 0.615. The van der Waals surface area contributed by atoms with Crippen LogP contribution in [-0.2, 0) is 7.05 Å². The van der Waals surface area contributed by atoms with Gasteiger partial charge in [0.15, 0.2) is 0 Å². The molecule has 0 N–H and O–H groups in total. The number of fused-ring (bicyclic) bond motifs is 1. The van der Waals surface area contributed by atoms with Gasteiger partial charge in [-0.15, -0.1) is 0 Å². The molecule has 1 amide bonds. The lowest BCUT2D eigenvalue weighted by Gasteiger charge is -2.33. The van der Waals surface area contributed by atoms with Crippen molar-refractivity contribution in [3.8, 4) is 0 Å². The molecule has 0 bridgehead atoms. The van der Waals surface area contributed by atoms with Gasteiger partial charge in [0, 0.05) is 38.3 Å². The van der Waals surface area contributed by atoms with Crippen molar-refractivity contribution in [1.82, 2.24) is 14.4 Å². The average Bonchev–Trinajstić information content (AvgIpc) is 3.41. The molecule has 4 nitrogen and oxygen atoms in total. The van der Waals surface area contributed by atoms with Gasteiger partial charge in [-0.05, 0) is 74.0 Å². The fourth-order valence-corrected chi connectivity index (χ4v) is 5.41. The van der Waals surface area contributed by atoms with Gasteiger partial charge in [0.05, 0.1) is 11.1 Å². The van der Waals surface area contributed by atoms with Crippen LogP contribution in [0.5, 0.6) is 0 Å². The van der Waals surface area contributed by atoms with Crippen LogP contribution in [-0.4, -0.2) is 53.0 Å². The lowest BCUT2D eigenvalue weighted by atomic mass is 9.89. The van der Waals surface area contributed by atoms with Gasteiger partial charge in [0.25, 0.3) is 5.91 Å². The van der Waals surface area contributed by atoms with Crippen molar-refractivity contribution in [1.29, 1.82) is 0 Å². The second-order valence-corrected chi connectivity index (χ2v) is 9.20. The second kappa shape index (κ2) is 8.46. The topological polar surface area (TPSA) is 28.5 Å². The SMILES string of the molecule is Cn1ccc2cccc(C(=O)N3CC[C@H](CN4CCC(c5ccc(F)cc5)CC4)C3)c21. The van der Waals surface area contributed by atoms with E-state index in [1.165, 1.54) is 5.56 Å². The minimum Gasteiger partial charge on any atom is -0.350 e. The number of aryl methyl sites for hydroxylation is 1. The van der Waals surface area contributed by atoms with Crippen molar-refractivity contribution >= 4 is 16.8 Å². The highest BCUT2D eigenvalue weighted by molar-refractivity contribution is 6.06. The number of hydrogen-bond acceptors (Lipinski definition) is 2. The number of likely N-dealkylation sites (tertiary alicyclic amines) is 2. The number of aromatic nitrogens is 1. The smallest absolute Gasteiger partial charge is 0.256 e. The maximum Gasteiger partial charge on any atom is 0.256 e. The predicted molar refractivity (Wildman–Crippen MR) is 122 cm³/mol. The molecule has 2 aliphatic rings. The molecule has 1 atom stereocenters. The molecule has 2 saturated heterocycles. The van der Waals surface area contributed by atoms with Crippen molar-refractivity contribution in [2.24, 2.45) is 13.0 Å². The molecule has 162 valence electrons. The number of piperidine rings is 1. The van der Waals surface area contributed by atoms with Gasteiger partial charge in [-0.2, -0.15) is 0 Å². The highest BCUT2D eigenvalue weighted by atomic mass is 19.1. The third-order valence-corrected chi connectivity index (χ3v) is 7.15. The molecule has 31 heavy (non-hydrogen) atoms. The standard InChI is InChI=1S/C26H30FN3O/c1-28-13-10-22-3-2-4-24(25(22)28)26(31)30-16-9-19(18-30)17-29-14-11-21(12-15-29)20-5-7-23(27)8-6-20/h2-8,10,13,19,21H,9,11-12,14-18H2,1H3/t19-/m1/s1. The Morgan fingerprint density at radius 1 is 1.00 bits per heavy atom. The van der Waals surface area contributed by atoms with Gasteiger partial charge < -0.3 is 14.4 Å². The molecular weight excluding hydrogens is 389 g/mol. The van der Waals surface area contributed by atoms with E-state index < -0.39 is 0 Å². The Kier molecular flexibility index (Phi) is 5.53. The first-order valence-corrected chi connectivity index (χ1v) is 11.4. The largest absolute Gasteiger partial charge is 0.350 e. The normalized spacial score (nSPS) is 20.6. The highest BCUT2D eigenvalue weighted by Gasteiger charge is 2.30. The van der Waals surface area contributed by atoms with Crippen LogP contribution >= 0.6 is 0 Å². The van der Waals surface area contributed by atoms with Crippen LogP contribution in [0, 0.1) is 11.7 Å². The molecule has 2 fully saturated rings. The number of rotatable bonds is 4. The summed E-state index contributed by atoms with van der Waals surface area (Å²) >= 11 is 0. The molecule has 2 aromatic carbocycles. The van der Waals surface area contributed by atoms with Crippen LogP contribution in [0.2, 0.25) is 0 Å². The summed E-state index contributed by atoms with van der Waals surface area (Å²) in [6, 6.07) is 15.1. The molecule has 1 aromatic heterocycles. The summed E-state index contributed by atoms with van der Waals surface area (Å²) in [6.07, 6.45) is 5.34. The first-order valence-electron chi connectivity index (χ1n) is 11.4. The van der Waals surface area contributed by atoms with E-state index >= 15 is 0 Å². The van der Waals surface area contributed by atoms with E-state index in [-0.39, 0.29) is 11.7 Å². The van der Waals surface area contributed by atoms with Crippen LogP contribution in [0.1, 0.15) is 41.1 Å². The number of carbonyl (C=O) groups is 1.